The van der Waals surface area contributed by atoms with Gasteiger partial charge in [-0.05, 0) is 6.92 Å². The maximum Gasteiger partial charge on any atom is 0.317 e. The van der Waals surface area contributed by atoms with Gasteiger partial charge in [0.2, 0.25) is 0 Å². The number of carbonyl (C=O) groups excluding carboxylic acids is 1. The van der Waals surface area contributed by atoms with Crippen LogP contribution in [0.4, 0.5) is 4.79 Å². The third-order valence-corrected chi connectivity index (χ3v) is 2.42. The fourth-order valence-corrected chi connectivity index (χ4v) is 1.44. The molecule has 0 aliphatic carbocycles. The lowest BCUT2D eigenvalue weighted by Crippen LogP contribution is -2.44. The first-order valence-corrected chi connectivity index (χ1v) is 5.68. The van der Waals surface area contributed by atoms with Gasteiger partial charge in [0.15, 0.2) is 0 Å². The summed E-state index contributed by atoms with van der Waals surface area (Å²) in [6.07, 6.45) is 5.11. The minimum atomic E-state index is -0.916. The highest BCUT2D eigenvalue weighted by Gasteiger charge is 2.12. The van der Waals surface area contributed by atoms with Crippen molar-refractivity contribution in [3.05, 3.63) is 18.7 Å². The first kappa shape index (κ1) is 14.0. The molecule has 0 saturated carbocycles. The van der Waals surface area contributed by atoms with E-state index >= 15 is 0 Å². The number of hydrogen-bond donors (Lipinski definition) is 2. The summed E-state index contributed by atoms with van der Waals surface area (Å²) in [5, 5.41) is 11.3. The van der Waals surface area contributed by atoms with E-state index in [0.29, 0.717) is 6.54 Å². The molecule has 0 aliphatic rings. The van der Waals surface area contributed by atoms with Gasteiger partial charge in [0.1, 0.15) is 0 Å². The number of amides is 2. The summed E-state index contributed by atoms with van der Waals surface area (Å²) < 4.78 is 1.86. The van der Waals surface area contributed by atoms with E-state index in [1.54, 1.807) is 19.6 Å². The molecule has 2 N–H and O–H groups in total. The van der Waals surface area contributed by atoms with E-state index in [4.69, 9.17) is 5.11 Å². The Kier molecular flexibility index (Phi) is 5.16. The maximum absolute atomic E-state index is 11.7. The molecule has 7 heteroatoms. The normalized spacial score (nSPS) is 11.9. The van der Waals surface area contributed by atoms with Gasteiger partial charge in [-0.25, -0.2) is 9.78 Å². The Balaban J connectivity index is 2.32. The van der Waals surface area contributed by atoms with E-state index in [1.165, 1.54) is 4.90 Å². The van der Waals surface area contributed by atoms with Crippen molar-refractivity contribution in [2.75, 3.05) is 13.6 Å². The molecule has 0 aliphatic heterocycles. The van der Waals surface area contributed by atoms with Gasteiger partial charge in [-0.2, -0.15) is 0 Å². The van der Waals surface area contributed by atoms with Gasteiger partial charge in [-0.15, -0.1) is 0 Å². The van der Waals surface area contributed by atoms with Crippen LogP contribution < -0.4 is 5.32 Å². The Bertz CT molecular complexity index is 391. The van der Waals surface area contributed by atoms with Crippen LogP contribution in [-0.4, -0.2) is 51.2 Å². The summed E-state index contributed by atoms with van der Waals surface area (Å²) in [4.78, 5) is 27.4. The molecule has 100 valence electrons. The zero-order valence-corrected chi connectivity index (χ0v) is 10.5. The van der Waals surface area contributed by atoms with Crippen molar-refractivity contribution in [2.24, 2.45) is 0 Å². The Morgan fingerprint density at radius 1 is 1.56 bits per heavy atom. The Morgan fingerprint density at radius 2 is 2.28 bits per heavy atom. The second kappa shape index (κ2) is 6.63. The summed E-state index contributed by atoms with van der Waals surface area (Å²) in [7, 11) is 1.57. The van der Waals surface area contributed by atoms with Crippen molar-refractivity contribution >= 4 is 12.0 Å². The lowest BCUT2D eigenvalue weighted by Gasteiger charge is -2.21. The molecule has 0 aromatic carbocycles. The molecule has 18 heavy (non-hydrogen) atoms. The van der Waals surface area contributed by atoms with Crippen LogP contribution in [0.2, 0.25) is 0 Å². The molecule has 1 unspecified atom stereocenters. The predicted molar refractivity (Wildman–Crippen MR) is 65.1 cm³/mol. The largest absolute Gasteiger partial charge is 0.481 e. The number of aliphatic carboxylic acids is 1. The van der Waals surface area contributed by atoms with Gasteiger partial charge < -0.3 is 19.9 Å². The summed E-state index contributed by atoms with van der Waals surface area (Å²) in [6, 6.07) is -0.331. The second-order valence-corrected chi connectivity index (χ2v) is 4.18. The van der Waals surface area contributed by atoms with Crippen molar-refractivity contribution < 1.29 is 14.7 Å². The summed E-state index contributed by atoms with van der Waals surface area (Å²) in [5.41, 5.74) is 0. The van der Waals surface area contributed by atoms with Crippen molar-refractivity contribution in [1.82, 2.24) is 19.8 Å². The molecule has 0 bridgehead atoms. The third kappa shape index (κ3) is 4.86. The monoisotopic (exact) mass is 254 g/mol. The second-order valence-electron chi connectivity index (χ2n) is 4.18. The topological polar surface area (TPSA) is 87.5 Å². The van der Waals surface area contributed by atoms with Crippen LogP contribution >= 0.6 is 0 Å². The number of carboxylic acids is 1. The number of aromatic nitrogens is 2. The molecule has 0 saturated heterocycles. The highest BCUT2D eigenvalue weighted by Crippen LogP contribution is 1.94. The van der Waals surface area contributed by atoms with Crippen LogP contribution in [0.3, 0.4) is 0 Å². The van der Waals surface area contributed by atoms with Gasteiger partial charge in [0, 0.05) is 38.6 Å². The van der Waals surface area contributed by atoms with Crippen LogP contribution in [0.1, 0.15) is 13.3 Å². The van der Waals surface area contributed by atoms with Crippen molar-refractivity contribution in [2.45, 2.75) is 25.9 Å². The molecule has 1 atom stereocenters. The smallest absolute Gasteiger partial charge is 0.317 e. The zero-order chi connectivity index (χ0) is 13.5. The van der Waals surface area contributed by atoms with Crippen LogP contribution in [0, 0.1) is 0 Å². The van der Waals surface area contributed by atoms with Crippen molar-refractivity contribution in [1.29, 1.82) is 0 Å². The average Bonchev–Trinajstić information content (AvgIpc) is 2.78. The molecule has 7 nitrogen and oxygen atoms in total. The van der Waals surface area contributed by atoms with Crippen LogP contribution in [-0.2, 0) is 11.3 Å². The molecule has 1 aromatic rings. The SMILES string of the molecule is CC(Cn1ccnc1)NC(=O)N(C)CCC(=O)O. The van der Waals surface area contributed by atoms with E-state index in [1.807, 2.05) is 17.7 Å². The molecule has 0 radical (unpaired) electrons. The predicted octanol–water partition coefficient (Wildman–Crippen LogP) is 0.388. The molecule has 1 heterocycles. The molecule has 2 amide bonds. The van der Waals surface area contributed by atoms with E-state index < -0.39 is 5.97 Å². The maximum atomic E-state index is 11.7. The number of carboxylic acid groups (broad SMARTS) is 1. The lowest BCUT2D eigenvalue weighted by atomic mass is 10.3. The first-order chi connectivity index (χ1) is 8.49. The Morgan fingerprint density at radius 3 is 2.83 bits per heavy atom. The number of carbonyl (C=O) groups is 2. The molecule has 0 fully saturated rings. The minimum Gasteiger partial charge on any atom is -0.481 e. The number of nitrogens with one attached hydrogen (secondary N) is 1. The number of hydrogen-bond acceptors (Lipinski definition) is 3. The fourth-order valence-electron chi connectivity index (χ4n) is 1.44. The number of imidazole rings is 1. The van der Waals surface area contributed by atoms with Gasteiger partial charge in [0.05, 0.1) is 12.7 Å². The highest BCUT2D eigenvalue weighted by molar-refractivity contribution is 5.75. The Labute approximate surface area is 105 Å². The summed E-state index contributed by atoms with van der Waals surface area (Å²) in [6.45, 7) is 2.69. The number of urea groups is 1. The van der Waals surface area contributed by atoms with E-state index in [2.05, 4.69) is 10.3 Å². The Hall–Kier alpha value is -2.05. The lowest BCUT2D eigenvalue weighted by molar-refractivity contribution is -0.137. The van der Waals surface area contributed by atoms with Crippen molar-refractivity contribution in [3.8, 4) is 0 Å². The molecular formula is C11H18N4O3. The number of nitrogens with zero attached hydrogens (tertiary/aromatic N) is 3. The molecule has 1 rings (SSSR count). The van der Waals surface area contributed by atoms with Gasteiger partial charge in [0.25, 0.3) is 0 Å². The molecular weight excluding hydrogens is 236 g/mol. The van der Waals surface area contributed by atoms with E-state index in [9.17, 15) is 9.59 Å². The third-order valence-electron chi connectivity index (χ3n) is 2.42. The van der Waals surface area contributed by atoms with Gasteiger partial charge >= 0.3 is 12.0 Å². The first-order valence-electron chi connectivity index (χ1n) is 5.68. The molecule has 1 aromatic heterocycles. The van der Waals surface area contributed by atoms with E-state index in [0.717, 1.165) is 0 Å². The van der Waals surface area contributed by atoms with Crippen LogP contribution in [0.5, 0.6) is 0 Å². The number of rotatable bonds is 6. The van der Waals surface area contributed by atoms with Gasteiger partial charge in [-0.3, -0.25) is 4.79 Å². The quantitative estimate of drug-likeness (QED) is 0.768. The zero-order valence-electron chi connectivity index (χ0n) is 10.5. The van der Waals surface area contributed by atoms with E-state index in [-0.39, 0.29) is 25.0 Å². The standard InChI is InChI=1S/C11H18N4O3/c1-9(7-15-6-4-12-8-15)13-11(18)14(2)5-3-10(16)17/h4,6,8-9H,3,5,7H2,1-2H3,(H,13,18)(H,16,17). The summed E-state index contributed by atoms with van der Waals surface area (Å²) in [5.74, 6) is -0.916. The van der Waals surface area contributed by atoms with Crippen molar-refractivity contribution in [3.63, 3.8) is 0 Å². The fraction of sp³-hybridized carbons (Fsp3) is 0.545. The van der Waals surface area contributed by atoms with Crippen LogP contribution in [0.15, 0.2) is 18.7 Å². The average molecular weight is 254 g/mol. The minimum absolute atomic E-state index is 0.0557. The van der Waals surface area contributed by atoms with Gasteiger partial charge in [-0.1, -0.05) is 0 Å². The summed E-state index contributed by atoms with van der Waals surface area (Å²) >= 11 is 0. The van der Waals surface area contributed by atoms with Crippen LogP contribution in [0.25, 0.3) is 0 Å². The highest BCUT2D eigenvalue weighted by atomic mass is 16.4. The molecule has 0 spiro atoms.